The number of carbonyl (C=O) groups excluding carboxylic acids is 1. The van der Waals surface area contributed by atoms with E-state index in [0.29, 0.717) is 6.61 Å². The predicted octanol–water partition coefficient (Wildman–Crippen LogP) is 4.01. The van der Waals surface area contributed by atoms with Gasteiger partial charge >= 0.3 is 3.98 Å². The van der Waals surface area contributed by atoms with Crippen LogP contribution in [-0.4, -0.2) is 10.6 Å². The lowest BCUT2D eigenvalue weighted by Crippen LogP contribution is -1.88. The standard InChI is InChI=1S/C8H6O.C3H5IO2/c1-2-4-8-7(3-1)5-6-9-8;1-2-6-3(4)5/h1-6H;2H2,1H3. The first kappa shape index (κ1) is 12.0. The Morgan fingerprint density at radius 1 is 1.40 bits per heavy atom. The average molecular weight is 318 g/mol. The second-order valence-electron chi connectivity index (χ2n) is 2.63. The summed E-state index contributed by atoms with van der Waals surface area (Å²) in [6, 6.07) is 9.90. The molecule has 0 aliphatic carbocycles. The van der Waals surface area contributed by atoms with Gasteiger partial charge < -0.3 is 9.15 Å². The highest BCUT2D eigenvalue weighted by Crippen LogP contribution is 2.12. The number of hydrogen-bond acceptors (Lipinski definition) is 3. The molecule has 4 heteroatoms. The summed E-state index contributed by atoms with van der Waals surface area (Å²) in [6.07, 6.45) is 1.70. The predicted molar refractivity (Wildman–Crippen MR) is 67.3 cm³/mol. The third-order valence-electron chi connectivity index (χ3n) is 1.62. The van der Waals surface area contributed by atoms with Crippen LogP contribution in [0.5, 0.6) is 0 Å². The molecule has 0 unspecified atom stereocenters. The third kappa shape index (κ3) is 4.33. The molecule has 3 nitrogen and oxygen atoms in total. The fourth-order valence-corrected chi connectivity index (χ4v) is 1.33. The molecule has 1 aromatic carbocycles. The van der Waals surface area contributed by atoms with Gasteiger partial charge in [-0.25, -0.2) is 4.79 Å². The van der Waals surface area contributed by atoms with Crippen LogP contribution in [0.4, 0.5) is 4.79 Å². The van der Waals surface area contributed by atoms with E-state index in [4.69, 9.17) is 4.42 Å². The zero-order valence-corrected chi connectivity index (χ0v) is 10.4. The molecule has 15 heavy (non-hydrogen) atoms. The smallest absolute Gasteiger partial charge is 0.367 e. The Morgan fingerprint density at radius 2 is 2.13 bits per heavy atom. The quantitative estimate of drug-likeness (QED) is 0.589. The van der Waals surface area contributed by atoms with Crippen molar-refractivity contribution >= 4 is 37.5 Å². The molecule has 0 aliphatic rings. The monoisotopic (exact) mass is 318 g/mol. The molecule has 0 bridgehead atoms. The lowest BCUT2D eigenvalue weighted by atomic mass is 10.3. The Morgan fingerprint density at radius 3 is 2.67 bits per heavy atom. The summed E-state index contributed by atoms with van der Waals surface area (Å²) in [4.78, 5) is 9.81. The van der Waals surface area contributed by atoms with Crippen LogP contribution < -0.4 is 0 Å². The molecule has 0 aliphatic heterocycles. The van der Waals surface area contributed by atoms with E-state index in [1.165, 1.54) is 0 Å². The highest BCUT2D eigenvalue weighted by molar-refractivity contribution is 14.1. The maximum absolute atomic E-state index is 9.81. The van der Waals surface area contributed by atoms with E-state index in [2.05, 4.69) is 4.74 Å². The normalized spacial score (nSPS) is 9.20. The Bertz CT molecular complexity index is 392. The van der Waals surface area contributed by atoms with Crippen molar-refractivity contribution in [2.45, 2.75) is 6.92 Å². The maximum Gasteiger partial charge on any atom is 0.367 e. The first-order chi connectivity index (χ1) is 7.24. The van der Waals surface area contributed by atoms with E-state index in [0.717, 1.165) is 11.0 Å². The molecule has 0 amide bonds. The van der Waals surface area contributed by atoms with Gasteiger partial charge in [-0.2, -0.15) is 0 Å². The van der Waals surface area contributed by atoms with Gasteiger partial charge in [0.25, 0.3) is 0 Å². The van der Waals surface area contributed by atoms with E-state index in [1.807, 2.05) is 30.3 Å². The molecule has 0 radical (unpaired) electrons. The molecule has 80 valence electrons. The Balaban J connectivity index is 0.000000167. The average Bonchev–Trinajstić information content (AvgIpc) is 2.65. The number of fused-ring (bicyclic) bond motifs is 1. The zero-order chi connectivity index (χ0) is 11.1. The van der Waals surface area contributed by atoms with Crippen molar-refractivity contribution in [2.24, 2.45) is 0 Å². The molecule has 0 N–H and O–H groups in total. The number of carbonyl (C=O) groups is 1. The highest BCUT2D eigenvalue weighted by atomic mass is 127. The van der Waals surface area contributed by atoms with Crippen LogP contribution in [0.1, 0.15) is 6.92 Å². The topological polar surface area (TPSA) is 39.4 Å². The number of furan rings is 1. The highest BCUT2D eigenvalue weighted by Gasteiger charge is 1.89. The fourth-order valence-electron chi connectivity index (χ4n) is 1.02. The van der Waals surface area contributed by atoms with Crippen molar-refractivity contribution in [3.05, 3.63) is 36.6 Å². The molecule has 1 heterocycles. The molecule has 0 spiro atoms. The van der Waals surface area contributed by atoms with Crippen molar-refractivity contribution in [2.75, 3.05) is 6.61 Å². The van der Waals surface area contributed by atoms with E-state index < -0.39 is 0 Å². The zero-order valence-electron chi connectivity index (χ0n) is 8.27. The lowest BCUT2D eigenvalue weighted by Gasteiger charge is -1.87. The number of benzene rings is 1. The van der Waals surface area contributed by atoms with E-state index >= 15 is 0 Å². The van der Waals surface area contributed by atoms with Crippen molar-refractivity contribution in [1.82, 2.24) is 0 Å². The van der Waals surface area contributed by atoms with Crippen LogP contribution in [0.3, 0.4) is 0 Å². The Labute approximate surface area is 102 Å². The van der Waals surface area contributed by atoms with E-state index in [9.17, 15) is 4.79 Å². The summed E-state index contributed by atoms with van der Waals surface area (Å²) < 4.78 is 9.27. The number of ether oxygens (including phenoxy) is 1. The Kier molecular flexibility index (Phi) is 5.17. The molecular weight excluding hydrogens is 307 g/mol. The minimum Gasteiger partial charge on any atom is -0.464 e. The molecule has 2 aromatic rings. The van der Waals surface area contributed by atoms with Crippen molar-refractivity contribution in [1.29, 1.82) is 0 Å². The number of rotatable bonds is 1. The lowest BCUT2D eigenvalue weighted by molar-refractivity contribution is 0.185. The van der Waals surface area contributed by atoms with E-state index in [1.54, 1.807) is 35.8 Å². The minimum atomic E-state index is -0.241. The van der Waals surface area contributed by atoms with Gasteiger partial charge in [0.05, 0.1) is 35.5 Å². The van der Waals surface area contributed by atoms with Gasteiger partial charge in [0.1, 0.15) is 5.58 Å². The van der Waals surface area contributed by atoms with Crippen molar-refractivity contribution in [3.63, 3.8) is 0 Å². The van der Waals surface area contributed by atoms with Crippen molar-refractivity contribution < 1.29 is 13.9 Å². The summed E-state index contributed by atoms with van der Waals surface area (Å²) in [5.41, 5.74) is 0.956. The first-order valence-corrected chi connectivity index (χ1v) is 5.56. The van der Waals surface area contributed by atoms with Crippen LogP contribution >= 0.6 is 22.6 Å². The Hall–Kier alpha value is -1.04. The van der Waals surface area contributed by atoms with Crippen LogP contribution in [0.25, 0.3) is 11.0 Å². The molecule has 2 rings (SSSR count). The number of para-hydroxylation sites is 1. The summed E-state index contributed by atoms with van der Waals surface area (Å²) >= 11 is 1.58. The minimum absolute atomic E-state index is 0.241. The maximum atomic E-state index is 9.81. The van der Waals surface area contributed by atoms with Crippen molar-refractivity contribution in [3.8, 4) is 0 Å². The largest absolute Gasteiger partial charge is 0.464 e. The van der Waals surface area contributed by atoms with Gasteiger partial charge in [0.15, 0.2) is 0 Å². The summed E-state index contributed by atoms with van der Waals surface area (Å²) in [6.45, 7) is 2.25. The molecular formula is C11H11IO3. The van der Waals surface area contributed by atoms with Crippen LogP contribution in [0, 0.1) is 0 Å². The molecule has 0 saturated carbocycles. The summed E-state index contributed by atoms with van der Waals surface area (Å²) in [7, 11) is 0. The van der Waals surface area contributed by atoms with Crippen LogP contribution in [0.2, 0.25) is 0 Å². The summed E-state index contributed by atoms with van der Waals surface area (Å²) in [5.74, 6) is 0. The molecule has 0 fully saturated rings. The van der Waals surface area contributed by atoms with Crippen LogP contribution in [-0.2, 0) is 4.74 Å². The first-order valence-electron chi connectivity index (χ1n) is 4.48. The molecule has 0 saturated heterocycles. The summed E-state index contributed by atoms with van der Waals surface area (Å²) in [5, 5.41) is 1.16. The van der Waals surface area contributed by atoms with Gasteiger partial charge in [-0.3, -0.25) is 0 Å². The van der Waals surface area contributed by atoms with Gasteiger partial charge in [-0.15, -0.1) is 0 Å². The SMILES string of the molecule is CCOC(=O)I.c1ccc2occc2c1. The second-order valence-corrected chi connectivity index (χ2v) is 3.51. The van der Waals surface area contributed by atoms with Crippen LogP contribution in [0.15, 0.2) is 41.0 Å². The second kappa shape index (κ2) is 6.44. The third-order valence-corrected chi connectivity index (χ3v) is 1.93. The van der Waals surface area contributed by atoms with Gasteiger partial charge in [-0.05, 0) is 19.1 Å². The van der Waals surface area contributed by atoms with Gasteiger partial charge in [0, 0.05) is 5.39 Å². The number of hydrogen-bond donors (Lipinski definition) is 0. The molecule has 0 atom stereocenters. The van der Waals surface area contributed by atoms with Gasteiger partial charge in [0.2, 0.25) is 0 Å². The van der Waals surface area contributed by atoms with Gasteiger partial charge in [-0.1, -0.05) is 18.2 Å². The molecule has 1 aromatic heterocycles. The fraction of sp³-hybridized carbons (Fsp3) is 0.182. The van der Waals surface area contributed by atoms with E-state index in [-0.39, 0.29) is 3.98 Å². The number of halogens is 1.